The van der Waals surface area contributed by atoms with Crippen LogP contribution in [-0.4, -0.2) is 4.92 Å². The number of aryl methyl sites for hydroxylation is 2. The van der Waals surface area contributed by atoms with E-state index in [1.165, 1.54) is 0 Å². The van der Waals surface area contributed by atoms with E-state index in [1.54, 1.807) is 19.9 Å². The van der Waals surface area contributed by atoms with Crippen LogP contribution in [0.2, 0.25) is 0 Å². The van der Waals surface area contributed by atoms with Crippen LogP contribution in [0.4, 0.5) is 5.69 Å². The number of benzene rings is 1. The Balaban J connectivity index is 3.23. The molecule has 0 atom stereocenters. The Bertz CT molecular complexity index is 294. The van der Waals surface area contributed by atoms with Crippen LogP contribution in [0.25, 0.3) is 0 Å². The first-order chi connectivity index (χ1) is 5.11. The molecule has 0 saturated heterocycles. The highest BCUT2D eigenvalue weighted by Crippen LogP contribution is 2.17. The summed E-state index contributed by atoms with van der Waals surface area (Å²) in [6.07, 6.45) is 0. The van der Waals surface area contributed by atoms with E-state index in [0.717, 1.165) is 5.56 Å². The van der Waals surface area contributed by atoms with Crippen molar-refractivity contribution in [2.75, 3.05) is 0 Å². The van der Waals surface area contributed by atoms with Crippen molar-refractivity contribution < 1.29 is 4.92 Å². The molecule has 0 aliphatic rings. The first-order valence-corrected chi connectivity index (χ1v) is 3.25. The van der Waals surface area contributed by atoms with Gasteiger partial charge in [0.2, 0.25) is 0 Å². The molecule has 0 aromatic heterocycles. The maximum absolute atomic E-state index is 10.3. The first kappa shape index (κ1) is 7.72. The highest BCUT2D eigenvalue weighted by molar-refractivity contribution is 5.40. The summed E-state index contributed by atoms with van der Waals surface area (Å²) in [5.74, 6) is 0. The average molecular weight is 150 g/mol. The molecular weight excluding hydrogens is 142 g/mol. The summed E-state index contributed by atoms with van der Waals surface area (Å²) < 4.78 is 0. The molecule has 0 heterocycles. The Hall–Kier alpha value is -1.38. The zero-order chi connectivity index (χ0) is 8.43. The molecule has 0 unspecified atom stereocenters. The molecule has 1 aromatic carbocycles. The van der Waals surface area contributed by atoms with Crippen molar-refractivity contribution in [3.8, 4) is 0 Å². The Kier molecular flexibility index (Phi) is 1.89. The lowest BCUT2D eigenvalue weighted by Gasteiger charge is -1.95. The Morgan fingerprint density at radius 1 is 1.45 bits per heavy atom. The van der Waals surface area contributed by atoms with E-state index in [9.17, 15) is 10.1 Å². The van der Waals surface area contributed by atoms with Crippen molar-refractivity contribution in [3.05, 3.63) is 39.4 Å². The number of nitrogens with zero attached hydrogens (tertiary/aromatic N) is 1. The van der Waals surface area contributed by atoms with Gasteiger partial charge in [-0.05, 0) is 19.4 Å². The molecule has 0 N–H and O–H groups in total. The summed E-state index contributed by atoms with van der Waals surface area (Å²) in [6.45, 7) is 3.49. The molecule has 1 aromatic rings. The predicted octanol–water partition coefficient (Wildman–Crippen LogP) is 2.01. The minimum atomic E-state index is -0.414. The highest BCUT2D eigenvalue weighted by Gasteiger charge is 2.09. The van der Waals surface area contributed by atoms with Crippen LogP contribution in [-0.2, 0) is 0 Å². The van der Waals surface area contributed by atoms with Crippen LogP contribution in [0.1, 0.15) is 11.1 Å². The number of nitro benzene ring substituents is 1. The van der Waals surface area contributed by atoms with E-state index in [-0.39, 0.29) is 5.69 Å². The first-order valence-electron chi connectivity index (χ1n) is 3.25. The maximum atomic E-state index is 10.3. The molecular formula is C8H8NO2. The monoisotopic (exact) mass is 150 g/mol. The Morgan fingerprint density at radius 2 is 2.09 bits per heavy atom. The number of nitro groups is 1. The Morgan fingerprint density at radius 3 is 2.55 bits per heavy atom. The van der Waals surface area contributed by atoms with E-state index in [2.05, 4.69) is 6.07 Å². The van der Waals surface area contributed by atoms with Gasteiger partial charge in [-0.1, -0.05) is 12.1 Å². The maximum Gasteiger partial charge on any atom is 0.280 e. The molecule has 0 saturated carbocycles. The third-order valence-corrected chi connectivity index (χ3v) is 1.45. The van der Waals surface area contributed by atoms with Gasteiger partial charge in [-0.15, -0.1) is 0 Å². The summed E-state index contributed by atoms with van der Waals surface area (Å²) >= 11 is 0. The van der Waals surface area contributed by atoms with Gasteiger partial charge >= 0.3 is 0 Å². The topological polar surface area (TPSA) is 43.1 Å². The largest absolute Gasteiger partial charge is 0.280 e. The summed E-state index contributed by atoms with van der Waals surface area (Å²) in [7, 11) is 0. The van der Waals surface area contributed by atoms with Crippen LogP contribution in [0.5, 0.6) is 0 Å². The molecule has 3 nitrogen and oxygen atoms in total. The van der Waals surface area contributed by atoms with Gasteiger partial charge in [-0.2, -0.15) is 0 Å². The molecule has 11 heavy (non-hydrogen) atoms. The van der Waals surface area contributed by atoms with Gasteiger partial charge in [0.25, 0.3) is 5.69 Å². The van der Waals surface area contributed by atoms with Crippen molar-refractivity contribution in [1.29, 1.82) is 0 Å². The average Bonchev–Trinajstić information content (AvgIpc) is 1.94. The molecule has 0 spiro atoms. The van der Waals surface area contributed by atoms with Crippen molar-refractivity contribution >= 4 is 5.69 Å². The fourth-order valence-corrected chi connectivity index (χ4v) is 0.846. The fourth-order valence-electron chi connectivity index (χ4n) is 0.846. The van der Waals surface area contributed by atoms with Crippen molar-refractivity contribution in [1.82, 2.24) is 0 Å². The number of hydrogen-bond donors (Lipinski definition) is 0. The van der Waals surface area contributed by atoms with Gasteiger partial charge in [0.1, 0.15) is 0 Å². The van der Waals surface area contributed by atoms with Crippen LogP contribution in [0.15, 0.2) is 12.1 Å². The molecule has 1 rings (SSSR count). The fraction of sp³-hybridized carbons (Fsp3) is 0.250. The van der Waals surface area contributed by atoms with Crippen LogP contribution >= 0.6 is 0 Å². The van der Waals surface area contributed by atoms with Crippen molar-refractivity contribution in [3.63, 3.8) is 0 Å². The summed E-state index contributed by atoms with van der Waals surface area (Å²) in [4.78, 5) is 9.93. The lowest BCUT2D eigenvalue weighted by Crippen LogP contribution is -1.91. The number of hydrogen-bond acceptors (Lipinski definition) is 2. The summed E-state index contributed by atoms with van der Waals surface area (Å²) in [5, 5.41) is 10.3. The second-order valence-electron chi connectivity index (χ2n) is 2.43. The van der Waals surface area contributed by atoms with E-state index in [1.807, 2.05) is 6.07 Å². The van der Waals surface area contributed by atoms with E-state index >= 15 is 0 Å². The second kappa shape index (κ2) is 2.70. The molecule has 1 radical (unpaired) electrons. The molecule has 0 bridgehead atoms. The van der Waals surface area contributed by atoms with Crippen LogP contribution in [0, 0.1) is 30.0 Å². The predicted molar refractivity (Wildman–Crippen MR) is 41.4 cm³/mol. The number of rotatable bonds is 1. The van der Waals surface area contributed by atoms with E-state index < -0.39 is 4.92 Å². The van der Waals surface area contributed by atoms with Crippen LogP contribution in [0.3, 0.4) is 0 Å². The summed E-state index contributed by atoms with van der Waals surface area (Å²) in [6, 6.07) is 6.21. The minimum absolute atomic E-state index is 0.0741. The molecule has 0 amide bonds. The molecule has 3 heteroatoms. The van der Waals surface area contributed by atoms with E-state index in [0.29, 0.717) is 5.56 Å². The van der Waals surface area contributed by atoms with Gasteiger partial charge in [-0.3, -0.25) is 10.1 Å². The van der Waals surface area contributed by atoms with Gasteiger partial charge < -0.3 is 0 Å². The molecule has 57 valence electrons. The smallest absolute Gasteiger partial charge is 0.258 e. The lowest BCUT2D eigenvalue weighted by atomic mass is 10.1. The molecule has 0 aliphatic heterocycles. The lowest BCUT2D eigenvalue weighted by molar-refractivity contribution is -0.385. The van der Waals surface area contributed by atoms with Crippen LogP contribution < -0.4 is 0 Å². The van der Waals surface area contributed by atoms with E-state index in [4.69, 9.17) is 0 Å². The standard InChI is InChI=1S/C8H8NO2/c1-6-3-4-7(2)8(5-6)9(10)11/h3-4H,1-2H3. The minimum Gasteiger partial charge on any atom is -0.258 e. The van der Waals surface area contributed by atoms with Gasteiger partial charge in [0.15, 0.2) is 0 Å². The zero-order valence-corrected chi connectivity index (χ0v) is 6.42. The van der Waals surface area contributed by atoms with Gasteiger partial charge in [0, 0.05) is 5.56 Å². The van der Waals surface area contributed by atoms with Gasteiger partial charge in [-0.25, -0.2) is 0 Å². The third kappa shape index (κ3) is 1.55. The summed E-state index contributed by atoms with van der Waals surface area (Å²) in [5.41, 5.74) is 1.52. The SMILES string of the molecule is Cc1[c]c([N+](=O)[O-])c(C)cc1. The van der Waals surface area contributed by atoms with Crippen molar-refractivity contribution in [2.45, 2.75) is 13.8 Å². The van der Waals surface area contributed by atoms with Crippen molar-refractivity contribution in [2.24, 2.45) is 0 Å². The third-order valence-electron chi connectivity index (χ3n) is 1.45. The zero-order valence-electron chi connectivity index (χ0n) is 6.42. The normalized spacial score (nSPS) is 9.64. The second-order valence-corrected chi connectivity index (χ2v) is 2.43. The molecule has 0 fully saturated rings. The highest BCUT2D eigenvalue weighted by atomic mass is 16.6. The Labute approximate surface area is 64.8 Å². The quantitative estimate of drug-likeness (QED) is 0.454. The van der Waals surface area contributed by atoms with Gasteiger partial charge in [0.05, 0.1) is 11.0 Å². The molecule has 0 aliphatic carbocycles.